The largest absolute Gasteiger partial charge is 0.354 e. The average Bonchev–Trinajstić information content (AvgIpc) is 3.20. The molecule has 0 unspecified atom stereocenters. The van der Waals surface area contributed by atoms with Crippen LogP contribution in [0.2, 0.25) is 0 Å². The Labute approximate surface area is 179 Å². The van der Waals surface area contributed by atoms with Crippen molar-refractivity contribution < 1.29 is 4.79 Å². The van der Waals surface area contributed by atoms with Gasteiger partial charge in [0, 0.05) is 42.9 Å². The minimum Gasteiger partial charge on any atom is -0.354 e. The quantitative estimate of drug-likeness (QED) is 0.539. The van der Waals surface area contributed by atoms with Crippen molar-refractivity contribution >= 4 is 29.3 Å². The van der Waals surface area contributed by atoms with Gasteiger partial charge in [-0.1, -0.05) is 18.2 Å². The van der Waals surface area contributed by atoms with Crippen LogP contribution in [-0.4, -0.2) is 35.1 Å². The van der Waals surface area contributed by atoms with Crippen molar-refractivity contribution in [2.75, 3.05) is 23.3 Å². The number of hydrogen-bond donors (Lipinski definition) is 3. The molecule has 31 heavy (non-hydrogen) atoms. The number of rotatable bonds is 6. The first-order chi connectivity index (χ1) is 15.1. The number of aromatic nitrogens is 2. The van der Waals surface area contributed by atoms with Crippen LogP contribution in [-0.2, 0) is 0 Å². The third-order valence-corrected chi connectivity index (χ3v) is 4.96. The van der Waals surface area contributed by atoms with Gasteiger partial charge >= 0.3 is 6.03 Å². The number of allylic oxidation sites excluding steroid dienone is 1. The van der Waals surface area contributed by atoms with Crippen LogP contribution in [0.1, 0.15) is 11.3 Å². The number of carbonyl (C=O) groups excluding carboxylic acids is 1. The Morgan fingerprint density at radius 2 is 1.97 bits per heavy atom. The van der Waals surface area contributed by atoms with Crippen molar-refractivity contribution in [3.63, 3.8) is 0 Å². The molecule has 0 saturated carbocycles. The minimum atomic E-state index is -0.254. The SMILES string of the molecule is Cc1cc(N2CCNC2=O)ccc1-n1ccc(=O)c(/C(=C/C=N)Nc2ccccc2)n1. The number of amides is 2. The van der Waals surface area contributed by atoms with E-state index < -0.39 is 0 Å². The molecule has 3 N–H and O–H groups in total. The van der Waals surface area contributed by atoms with E-state index in [1.807, 2.05) is 55.5 Å². The lowest BCUT2D eigenvalue weighted by Crippen LogP contribution is -2.27. The number of anilines is 2. The second kappa shape index (κ2) is 8.66. The van der Waals surface area contributed by atoms with Crippen molar-refractivity contribution in [2.45, 2.75) is 6.92 Å². The molecule has 8 heteroatoms. The first-order valence-corrected chi connectivity index (χ1v) is 9.86. The average molecular weight is 414 g/mol. The maximum Gasteiger partial charge on any atom is 0.321 e. The van der Waals surface area contributed by atoms with Gasteiger partial charge in [0.15, 0.2) is 5.69 Å². The zero-order valence-corrected chi connectivity index (χ0v) is 17.0. The Morgan fingerprint density at radius 3 is 2.65 bits per heavy atom. The zero-order chi connectivity index (χ0) is 21.8. The van der Waals surface area contributed by atoms with Gasteiger partial charge < -0.3 is 16.0 Å². The summed E-state index contributed by atoms with van der Waals surface area (Å²) in [4.78, 5) is 26.2. The van der Waals surface area contributed by atoms with Crippen LogP contribution in [0.25, 0.3) is 11.4 Å². The summed E-state index contributed by atoms with van der Waals surface area (Å²) in [6, 6.07) is 16.4. The Morgan fingerprint density at radius 1 is 1.16 bits per heavy atom. The lowest BCUT2D eigenvalue weighted by Gasteiger charge is -2.17. The van der Waals surface area contributed by atoms with Crippen LogP contribution in [0.3, 0.4) is 0 Å². The molecule has 1 aliphatic rings. The van der Waals surface area contributed by atoms with Gasteiger partial charge in [-0.3, -0.25) is 9.69 Å². The van der Waals surface area contributed by atoms with Crippen molar-refractivity contribution in [2.24, 2.45) is 0 Å². The first-order valence-electron chi connectivity index (χ1n) is 9.86. The third kappa shape index (κ3) is 4.23. The number of aryl methyl sites for hydroxylation is 1. The molecule has 8 nitrogen and oxygen atoms in total. The normalized spacial score (nSPS) is 13.8. The topological polar surface area (TPSA) is 103 Å². The van der Waals surface area contributed by atoms with E-state index in [1.165, 1.54) is 12.1 Å². The molecule has 156 valence electrons. The van der Waals surface area contributed by atoms with Gasteiger partial charge in [-0.25, -0.2) is 9.48 Å². The van der Waals surface area contributed by atoms with Crippen molar-refractivity contribution in [1.29, 1.82) is 5.41 Å². The molecule has 4 rings (SSSR count). The van der Waals surface area contributed by atoms with Gasteiger partial charge in [0.05, 0.1) is 11.4 Å². The number of benzene rings is 2. The summed E-state index contributed by atoms with van der Waals surface area (Å²) in [6.45, 7) is 3.19. The van der Waals surface area contributed by atoms with Crippen LogP contribution < -0.4 is 21.0 Å². The maximum absolute atomic E-state index is 12.6. The van der Waals surface area contributed by atoms with Gasteiger partial charge in [-0.05, 0) is 48.9 Å². The summed E-state index contributed by atoms with van der Waals surface area (Å²) in [5.74, 6) is 0. The molecule has 0 spiro atoms. The zero-order valence-electron chi connectivity index (χ0n) is 17.0. The molecular formula is C23H22N6O2. The van der Waals surface area contributed by atoms with Crippen LogP contribution in [0, 0.1) is 12.3 Å². The fraction of sp³-hybridized carbons (Fsp3) is 0.130. The molecule has 2 heterocycles. The summed E-state index contributed by atoms with van der Waals surface area (Å²) in [6.07, 6.45) is 4.23. The number of hydrogen-bond acceptors (Lipinski definition) is 5. The molecule has 0 aliphatic carbocycles. The van der Waals surface area contributed by atoms with Gasteiger partial charge in [-0.15, -0.1) is 0 Å². The third-order valence-electron chi connectivity index (χ3n) is 4.96. The molecule has 1 aliphatic heterocycles. The van der Waals surface area contributed by atoms with Crippen molar-refractivity contribution in [1.82, 2.24) is 15.1 Å². The van der Waals surface area contributed by atoms with E-state index in [4.69, 9.17) is 5.41 Å². The lowest BCUT2D eigenvalue weighted by molar-refractivity contribution is 0.252. The van der Waals surface area contributed by atoms with E-state index in [1.54, 1.807) is 15.8 Å². The number of para-hydroxylation sites is 1. The first kappa shape index (κ1) is 20.1. The van der Waals surface area contributed by atoms with Crippen LogP contribution >= 0.6 is 0 Å². The summed E-state index contributed by atoms with van der Waals surface area (Å²) in [7, 11) is 0. The number of nitrogens with zero attached hydrogens (tertiary/aromatic N) is 3. The number of carbonyl (C=O) groups is 1. The molecular weight excluding hydrogens is 392 g/mol. The second-order valence-corrected chi connectivity index (χ2v) is 7.07. The van der Waals surface area contributed by atoms with E-state index in [2.05, 4.69) is 15.7 Å². The Kier molecular flexibility index (Phi) is 5.61. The van der Waals surface area contributed by atoms with Crippen LogP contribution in [0.5, 0.6) is 0 Å². The van der Waals surface area contributed by atoms with E-state index in [9.17, 15) is 9.59 Å². The van der Waals surface area contributed by atoms with Gasteiger partial charge in [0.1, 0.15) is 0 Å². The number of nitrogens with one attached hydrogen (secondary N) is 3. The molecule has 3 aromatic rings. The molecule has 1 saturated heterocycles. The highest BCUT2D eigenvalue weighted by Crippen LogP contribution is 2.23. The van der Waals surface area contributed by atoms with Gasteiger partial charge in [-0.2, -0.15) is 5.10 Å². The predicted molar refractivity (Wildman–Crippen MR) is 122 cm³/mol. The highest BCUT2D eigenvalue weighted by molar-refractivity contribution is 5.94. The minimum absolute atomic E-state index is 0.107. The maximum atomic E-state index is 12.6. The van der Waals surface area contributed by atoms with E-state index >= 15 is 0 Å². The molecule has 1 fully saturated rings. The van der Waals surface area contributed by atoms with Crippen molar-refractivity contribution in [3.05, 3.63) is 88.4 Å². The molecule has 2 amide bonds. The monoisotopic (exact) mass is 414 g/mol. The summed E-state index contributed by atoms with van der Waals surface area (Å²) >= 11 is 0. The lowest BCUT2D eigenvalue weighted by atomic mass is 10.1. The molecule has 0 atom stereocenters. The highest BCUT2D eigenvalue weighted by atomic mass is 16.2. The summed E-state index contributed by atoms with van der Waals surface area (Å²) in [5.41, 5.74) is 3.69. The summed E-state index contributed by atoms with van der Waals surface area (Å²) < 4.78 is 1.63. The fourth-order valence-electron chi connectivity index (χ4n) is 3.45. The molecule has 0 bridgehead atoms. The Bertz CT molecular complexity index is 1220. The molecule has 2 aromatic carbocycles. The number of urea groups is 1. The second-order valence-electron chi connectivity index (χ2n) is 7.07. The van der Waals surface area contributed by atoms with E-state index in [-0.39, 0.29) is 17.2 Å². The van der Waals surface area contributed by atoms with Gasteiger partial charge in [0.25, 0.3) is 0 Å². The Hall–Kier alpha value is -4.20. The van der Waals surface area contributed by atoms with Crippen LogP contribution in [0.15, 0.2) is 71.7 Å². The summed E-state index contributed by atoms with van der Waals surface area (Å²) in [5, 5.41) is 18.0. The molecule has 1 aromatic heterocycles. The Balaban J connectivity index is 1.70. The smallest absolute Gasteiger partial charge is 0.321 e. The van der Waals surface area contributed by atoms with E-state index in [0.717, 1.165) is 28.8 Å². The predicted octanol–water partition coefficient (Wildman–Crippen LogP) is 3.17. The highest BCUT2D eigenvalue weighted by Gasteiger charge is 2.21. The standard InChI is InChI=1S/C23H22N6O2/c1-16-15-18(28-14-12-25-23(28)31)7-8-20(16)29-13-10-21(30)22(27-29)19(9-11-24)26-17-5-3-2-4-6-17/h2-11,13,15,24,26H,12,14H2,1H3,(H,25,31)/b19-9-,24-11?. The fourth-order valence-corrected chi connectivity index (χ4v) is 3.45. The van der Waals surface area contributed by atoms with Gasteiger partial charge in [0.2, 0.25) is 5.43 Å². The van der Waals surface area contributed by atoms with E-state index in [0.29, 0.717) is 18.8 Å². The van der Waals surface area contributed by atoms with Crippen LogP contribution in [0.4, 0.5) is 16.2 Å². The molecule has 0 radical (unpaired) electrons. The van der Waals surface area contributed by atoms with Crippen molar-refractivity contribution in [3.8, 4) is 5.69 Å².